The number of fused-ring (bicyclic) bond motifs is 14. The van der Waals surface area contributed by atoms with Gasteiger partial charge >= 0.3 is 0 Å². The average Bonchev–Trinajstić information content (AvgIpc) is 3.88. The van der Waals surface area contributed by atoms with Gasteiger partial charge in [-0.25, -0.2) is 4.98 Å². The van der Waals surface area contributed by atoms with E-state index in [4.69, 9.17) is 4.98 Å². The van der Waals surface area contributed by atoms with E-state index < -0.39 is 0 Å². The number of nitrogens with zero attached hydrogens (tertiary/aromatic N) is 1. The Hall–Kier alpha value is -5.65. The third-order valence-corrected chi connectivity index (χ3v) is 14.2. The first-order valence-corrected chi connectivity index (χ1v) is 20.0. The second kappa shape index (κ2) is 11.4. The fraction of sp³-hybridized carbons (Fsp3) is 0.0208. The molecule has 0 unspecified atom stereocenters. The van der Waals surface area contributed by atoms with Gasteiger partial charge in [0.15, 0.2) is 0 Å². The van der Waals surface area contributed by atoms with Crippen LogP contribution in [0.25, 0.3) is 117 Å². The zero-order valence-corrected chi connectivity index (χ0v) is 30.7. The summed E-state index contributed by atoms with van der Waals surface area (Å²) in [4.78, 5) is 6.23. The number of thiophene rings is 3. The summed E-state index contributed by atoms with van der Waals surface area (Å²) in [7, 11) is 0. The minimum Gasteiger partial charge on any atom is -0.248 e. The van der Waals surface area contributed by atoms with Gasteiger partial charge in [-0.15, -0.1) is 34.0 Å². The predicted molar refractivity (Wildman–Crippen MR) is 234 cm³/mol. The van der Waals surface area contributed by atoms with E-state index in [1.165, 1.54) is 105 Å². The third-order valence-electron chi connectivity index (χ3n) is 10.5. The van der Waals surface area contributed by atoms with Crippen molar-refractivity contribution in [1.82, 2.24) is 4.98 Å². The van der Waals surface area contributed by atoms with Gasteiger partial charge in [0.2, 0.25) is 0 Å². The molecule has 0 saturated carbocycles. The summed E-state index contributed by atoms with van der Waals surface area (Å²) in [5, 5.41) is 11.8. The highest BCUT2D eigenvalue weighted by molar-refractivity contribution is 7.31. The van der Waals surface area contributed by atoms with E-state index in [-0.39, 0.29) is 0 Å². The lowest BCUT2D eigenvalue weighted by Gasteiger charge is -2.13. The molecule has 11 rings (SSSR count). The van der Waals surface area contributed by atoms with E-state index in [0.717, 1.165) is 11.0 Å². The zero-order valence-electron chi connectivity index (χ0n) is 28.2. The van der Waals surface area contributed by atoms with Crippen LogP contribution in [0, 0.1) is 0 Å². The van der Waals surface area contributed by atoms with Crippen molar-refractivity contribution in [1.29, 1.82) is 0 Å². The highest BCUT2D eigenvalue weighted by atomic mass is 32.1. The number of hydrogen-bond donors (Lipinski definition) is 0. The SMILES string of the molecule is C=Cc1sc2ccc3c4sc5c(-c6cccc(-c7c8ccccc8nc8ccccc78)c6)cccc5c4c4sc5ccccc5c4c3c2c1/C=C\C. The molecule has 52 heavy (non-hydrogen) atoms. The lowest BCUT2D eigenvalue weighted by Crippen LogP contribution is -1.89. The normalized spacial score (nSPS) is 12.3. The molecule has 0 amide bonds. The molecule has 0 fully saturated rings. The van der Waals surface area contributed by atoms with Crippen LogP contribution >= 0.6 is 34.0 Å². The summed E-state index contributed by atoms with van der Waals surface area (Å²) in [5.74, 6) is 0. The number of para-hydroxylation sites is 2. The van der Waals surface area contributed by atoms with E-state index in [1.807, 2.05) is 40.1 Å². The monoisotopic (exact) mass is 715 g/mol. The largest absolute Gasteiger partial charge is 0.248 e. The number of allylic oxidation sites excluding steroid dienone is 1. The van der Waals surface area contributed by atoms with Gasteiger partial charge in [-0.3, -0.25) is 0 Å². The van der Waals surface area contributed by atoms with Crippen molar-refractivity contribution >= 4 is 129 Å². The first-order valence-electron chi connectivity index (χ1n) is 17.5. The molecule has 0 N–H and O–H groups in total. The molecular weight excluding hydrogens is 687 g/mol. The molecule has 0 bridgehead atoms. The Balaban J connectivity index is 1.25. The summed E-state index contributed by atoms with van der Waals surface area (Å²) in [6.45, 7) is 6.31. The third kappa shape index (κ3) is 4.17. The molecule has 4 heteroatoms. The summed E-state index contributed by atoms with van der Waals surface area (Å²) in [5.41, 5.74) is 8.24. The van der Waals surface area contributed by atoms with Gasteiger partial charge in [-0.1, -0.05) is 122 Å². The molecule has 7 aromatic carbocycles. The number of pyridine rings is 1. The maximum absolute atomic E-state index is 5.01. The number of hydrogen-bond acceptors (Lipinski definition) is 4. The zero-order chi connectivity index (χ0) is 34.5. The first-order chi connectivity index (χ1) is 25.7. The second-order valence-electron chi connectivity index (χ2n) is 13.3. The van der Waals surface area contributed by atoms with E-state index >= 15 is 0 Å². The first kappa shape index (κ1) is 30.0. The molecule has 0 aliphatic carbocycles. The van der Waals surface area contributed by atoms with Crippen molar-refractivity contribution in [3.8, 4) is 22.3 Å². The maximum Gasteiger partial charge on any atom is 0.0715 e. The number of benzene rings is 7. The number of rotatable bonds is 4. The van der Waals surface area contributed by atoms with Crippen molar-refractivity contribution in [2.75, 3.05) is 0 Å². The maximum atomic E-state index is 5.01. The van der Waals surface area contributed by atoms with Crippen molar-refractivity contribution < 1.29 is 0 Å². The van der Waals surface area contributed by atoms with Crippen molar-refractivity contribution in [3.63, 3.8) is 0 Å². The molecular formula is C48H29NS3. The summed E-state index contributed by atoms with van der Waals surface area (Å²) in [6.07, 6.45) is 6.45. The van der Waals surface area contributed by atoms with Gasteiger partial charge in [0.1, 0.15) is 0 Å². The smallest absolute Gasteiger partial charge is 0.0715 e. The minimum absolute atomic E-state index is 1.02. The van der Waals surface area contributed by atoms with Crippen LogP contribution in [0.5, 0.6) is 0 Å². The molecule has 0 aliphatic heterocycles. The fourth-order valence-corrected chi connectivity index (χ4v) is 12.2. The molecule has 11 aromatic rings. The van der Waals surface area contributed by atoms with Crippen LogP contribution in [0.2, 0.25) is 0 Å². The van der Waals surface area contributed by atoms with Crippen LogP contribution in [0.3, 0.4) is 0 Å². The van der Waals surface area contributed by atoms with Gasteiger partial charge in [0.05, 0.1) is 11.0 Å². The predicted octanol–water partition coefficient (Wildman–Crippen LogP) is 15.5. The lowest BCUT2D eigenvalue weighted by atomic mass is 9.93. The molecule has 0 atom stereocenters. The van der Waals surface area contributed by atoms with Crippen LogP contribution in [-0.4, -0.2) is 4.98 Å². The summed E-state index contributed by atoms with van der Waals surface area (Å²) in [6, 6.07) is 46.7. The molecule has 4 heterocycles. The fourth-order valence-electron chi connectivity index (χ4n) is 8.39. The van der Waals surface area contributed by atoms with Crippen LogP contribution in [-0.2, 0) is 0 Å². The van der Waals surface area contributed by atoms with Crippen LogP contribution in [0.1, 0.15) is 17.4 Å². The molecule has 0 aliphatic rings. The van der Waals surface area contributed by atoms with Crippen LogP contribution in [0.4, 0.5) is 0 Å². The Morgan fingerprint density at radius 2 is 1.21 bits per heavy atom. The van der Waals surface area contributed by atoms with Crippen molar-refractivity contribution in [3.05, 3.63) is 150 Å². The average molecular weight is 716 g/mol. The Morgan fingerprint density at radius 1 is 0.519 bits per heavy atom. The second-order valence-corrected chi connectivity index (χ2v) is 16.5. The van der Waals surface area contributed by atoms with Crippen LogP contribution in [0.15, 0.2) is 140 Å². The van der Waals surface area contributed by atoms with E-state index in [0.29, 0.717) is 0 Å². The van der Waals surface area contributed by atoms with E-state index in [2.05, 4.69) is 153 Å². The molecule has 0 saturated heterocycles. The van der Waals surface area contributed by atoms with Gasteiger partial charge in [0, 0.05) is 88.0 Å². The Kier molecular flexibility index (Phi) is 6.60. The summed E-state index contributed by atoms with van der Waals surface area (Å²) >= 11 is 5.72. The lowest BCUT2D eigenvalue weighted by molar-refractivity contribution is 1.49. The molecule has 4 aromatic heterocycles. The number of aromatic nitrogens is 1. The minimum atomic E-state index is 1.02. The molecule has 0 spiro atoms. The summed E-state index contributed by atoms with van der Waals surface area (Å²) < 4.78 is 6.70. The quantitative estimate of drug-likeness (QED) is 0.165. The van der Waals surface area contributed by atoms with Gasteiger partial charge in [0.25, 0.3) is 0 Å². The van der Waals surface area contributed by atoms with Crippen LogP contribution < -0.4 is 0 Å². The van der Waals surface area contributed by atoms with E-state index in [9.17, 15) is 0 Å². The van der Waals surface area contributed by atoms with Crippen molar-refractivity contribution in [2.24, 2.45) is 0 Å². The van der Waals surface area contributed by atoms with E-state index in [1.54, 1.807) is 0 Å². The van der Waals surface area contributed by atoms with Gasteiger partial charge < -0.3 is 0 Å². The molecule has 1 nitrogen and oxygen atoms in total. The highest BCUT2D eigenvalue weighted by Gasteiger charge is 2.23. The molecule has 0 radical (unpaired) electrons. The molecule has 244 valence electrons. The van der Waals surface area contributed by atoms with Gasteiger partial charge in [-0.05, 0) is 53.9 Å². The highest BCUT2D eigenvalue weighted by Crippen LogP contribution is 2.53. The Morgan fingerprint density at radius 3 is 2.00 bits per heavy atom. The Bertz CT molecular complexity index is 3280. The van der Waals surface area contributed by atoms with Crippen molar-refractivity contribution in [2.45, 2.75) is 6.92 Å². The van der Waals surface area contributed by atoms with Gasteiger partial charge in [-0.2, -0.15) is 0 Å². The topological polar surface area (TPSA) is 12.9 Å². The Labute approximate surface area is 312 Å². The standard InChI is InChI=1S/C48H29NS3/c1-3-13-32-38(4-2)50-40-25-24-35-43(42(32)40)44-33-18-7-10-23-39(33)51-48(44)45-34-20-12-19-29(46(34)52-47(35)45)27-14-11-15-28(26-27)41-30-16-5-8-21-36(30)49-37-22-9-6-17-31(37)41/h3-26H,2H2,1H3/b13-3-.